The summed E-state index contributed by atoms with van der Waals surface area (Å²) in [7, 11) is 0. The Bertz CT molecular complexity index is 232. The highest BCUT2D eigenvalue weighted by Crippen LogP contribution is 2.15. The van der Waals surface area contributed by atoms with E-state index in [0.717, 1.165) is 32.6 Å². The Morgan fingerprint density at radius 1 is 1.47 bits per heavy atom. The molecule has 1 heterocycles. The van der Waals surface area contributed by atoms with Gasteiger partial charge in [0.1, 0.15) is 6.61 Å². The molecule has 0 aromatic heterocycles. The Hall–Kier alpha value is -0.650. The monoisotopic (exact) mass is 243 g/mol. The van der Waals surface area contributed by atoms with Crippen LogP contribution >= 0.6 is 0 Å². The van der Waals surface area contributed by atoms with Crippen molar-refractivity contribution in [2.75, 3.05) is 45.9 Å². The Labute approximate surface area is 104 Å². The van der Waals surface area contributed by atoms with Gasteiger partial charge in [0.2, 0.25) is 5.91 Å². The molecule has 1 saturated heterocycles. The fraction of sp³-hybridized carbons (Fsp3) is 0.917. The molecule has 0 aromatic carbocycles. The van der Waals surface area contributed by atoms with Gasteiger partial charge in [-0.3, -0.25) is 9.69 Å². The summed E-state index contributed by atoms with van der Waals surface area (Å²) in [6.45, 7) is 9.21. The summed E-state index contributed by atoms with van der Waals surface area (Å²) >= 11 is 0. The van der Waals surface area contributed by atoms with Gasteiger partial charge >= 0.3 is 0 Å². The molecule has 5 heteroatoms. The van der Waals surface area contributed by atoms with Gasteiger partial charge in [0.05, 0.1) is 6.61 Å². The predicted molar refractivity (Wildman–Crippen MR) is 67.8 cm³/mol. The Balaban J connectivity index is 2.31. The second kappa shape index (κ2) is 7.63. The van der Waals surface area contributed by atoms with E-state index in [1.807, 2.05) is 4.90 Å². The summed E-state index contributed by atoms with van der Waals surface area (Å²) in [5.41, 5.74) is 5.31. The lowest BCUT2D eigenvalue weighted by Crippen LogP contribution is -2.39. The van der Waals surface area contributed by atoms with E-state index in [1.54, 1.807) is 0 Å². The molecular formula is C12H25N3O2. The van der Waals surface area contributed by atoms with Crippen LogP contribution in [0, 0.1) is 0 Å². The van der Waals surface area contributed by atoms with Crippen LogP contribution in [-0.2, 0) is 9.53 Å². The average Bonchev–Trinajstić information content (AvgIpc) is 2.80. The molecule has 1 aliphatic rings. The maximum atomic E-state index is 11.8. The Morgan fingerprint density at radius 2 is 2.18 bits per heavy atom. The van der Waals surface area contributed by atoms with E-state index in [9.17, 15) is 4.79 Å². The fourth-order valence-electron chi connectivity index (χ4n) is 2.34. The molecule has 2 N–H and O–H groups in total. The van der Waals surface area contributed by atoms with Gasteiger partial charge in [-0.1, -0.05) is 13.8 Å². The zero-order valence-corrected chi connectivity index (χ0v) is 11.0. The minimum atomic E-state index is 0.0908. The van der Waals surface area contributed by atoms with Crippen LogP contribution in [0.15, 0.2) is 0 Å². The normalized spacial score (nSPS) is 20.2. The first-order valence-electron chi connectivity index (χ1n) is 6.52. The van der Waals surface area contributed by atoms with Crippen LogP contribution < -0.4 is 5.73 Å². The number of hydrogen-bond donors (Lipinski definition) is 1. The van der Waals surface area contributed by atoms with E-state index in [2.05, 4.69) is 18.7 Å². The number of nitrogens with two attached hydrogens (primary N) is 1. The first-order chi connectivity index (χ1) is 8.22. The molecule has 0 saturated carbocycles. The largest absolute Gasteiger partial charge is 0.370 e. The minimum Gasteiger partial charge on any atom is -0.370 e. The third-order valence-corrected chi connectivity index (χ3v) is 3.33. The summed E-state index contributed by atoms with van der Waals surface area (Å²) in [6.07, 6.45) is 1.07. The molecule has 100 valence electrons. The summed E-state index contributed by atoms with van der Waals surface area (Å²) in [6, 6.07) is 0.517. The Morgan fingerprint density at radius 3 is 2.76 bits per heavy atom. The van der Waals surface area contributed by atoms with Gasteiger partial charge in [-0.25, -0.2) is 0 Å². The fourth-order valence-corrected chi connectivity index (χ4v) is 2.34. The van der Waals surface area contributed by atoms with Crippen LogP contribution in [0.2, 0.25) is 0 Å². The van der Waals surface area contributed by atoms with Gasteiger partial charge in [-0.2, -0.15) is 0 Å². The number of amides is 1. The molecule has 1 fully saturated rings. The van der Waals surface area contributed by atoms with Crippen LogP contribution in [0.5, 0.6) is 0 Å². The molecule has 1 atom stereocenters. The van der Waals surface area contributed by atoms with Gasteiger partial charge in [0.15, 0.2) is 0 Å². The molecule has 1 unspecified atom stereocenters. The second-order valence-electron chi connectivity index (χ2n) is 4.34. The van der Waals surface area contributed by atoms with E-state index < -0.39 is 0 Å². The first-order valence-corrected chi connectivity index (χ1v) is 6.52. The van der Waals surface area contributed by atoms with Gasteiger partial charge in [-0.05, 0) is 19.5 Å². The average molecular weight is 243 g/mol. The number of nitrogens with zero attached hydrogens (tertiary/aromatic N) is 2. The molecule has 1 aliphatic heterocycles. The summed E-state index contributed by atoms with van der Waals surface area (Å²) < 4.78 is 5.18. The van der Waals surface area contributed by atoms with Crippen molar-refractivity contribution in [1.29, 1.82) is 0 Å². The highest BCUT2D eigenvalue weighted by Gasteiger charge is 2.28. The van der Waals surface area contributed by atoms with E-state index in [1.165, 1.54) is 0 Å². The van der Waals surface area contributed by atoms with E-state index in [4.69, 9.17) is 10.5 Å². The van der Waals surface area contributed by atoms with Crippen molar-refractivity contribution in [2.24, 2.45) is 5.73 Å². The minimum absolute atomic E-state index is 0.0908. The smallest absolute Gasteiger partial charge is 0.248 e. The van der Waals surface area contributed by atoms with Crippen molar-refractivity contribution >= 4 is 5.91 Å². The zero-order chi connectivity index (χ0) is 12.7. The molecule has 17 heavy (non-hydrogen) atoms. The van der Waals surface area contributed by atoms with Crippen molar-refractivity contribution in [2.45, 2.75) is 26.3 Å². The standard InChI is InChI=1S/C12H25N3O2/c1-3-14(4-2)11-5-7-15(9-11)12(16)10-17-8-6-13/h11H,3-10,13H2,1-2H3. The predicted octanol–water partition coefficient (Wildman–Crippen LogP) is -0.0956. The van der Waals surface area contributed by atoms with Crippen molar-refractivity contribution in [1.82, 2.24) is 9.80 Å². The van der Waals surface area contributed by atoms with Crippen LogP contribution in [0.1, 0.15) is 20.3 Å². The summed E-state index contributed by atoms with van der Waals surface area (Å²) in [4.78, 5) is 16.1. The quantitative estimate of drug-likeness (QED) is 0.635. The third-order valence-electron chi connectivity index (χ3n) is 3.33. The van der Waals surface area contributed by atoms with Crippen molar-refractivity contribution < 1.29 is 9.53 Å². The molecule has 0 aliphatic carbocycles. The number of carbonyl (C=O) groups is 1. The maximum Gasteiger partial charge on any atom is 0.248 e. The van der Waals surface area contributed by atoms with Gasteiger partial charge in [0, 0.05) is 25.7 Å². The number of likely N-dealkylation sites (N-methyl/N-ethyl adjacent to an activating group) is 1. The third kappa shape index (κ3) is 4.26. The SMILES string of the molecule is CCN(CC)C1CCN(C(=O)COCCN)C1. The van der Waals surface area contributed by atoms with Gasteiger partial charge in [0.25, 0.3) is 0 Å². The topological polar surface area (TPSA) is 58.8 Å². The highest BCUT2D eigenvalue weighted by atomic mass is 16.5. The highest BCUT2D eigenvalue weighted by molar-refractivity contribution is 5.77. The summed E-state index contributed by atoms with van der Waals surface area (Å²) in [5, 5.41) is 0. The number of ether oxygens (including phenoxy) is 1. The van der Waals surface area contributed by atoms with Gasteiger partial charge < -0.3 is 15.4 Å². The van der Waals surface area contributed by atoms with Crippen molar-refractivity contribution in [3.63, 3.8) is 0 Å². The molecule has 0 radical (unpaired) electrons. The number of rotatable bonds is 7. The first kappa shape index (κ1) is 14.4. The molecule has 5 nitrogen and oxygen atoms in total. The molecule has 0 bridgehead atoms. The van der Waals surface area contributed by atoms with Crippen LogP contribution in [-0.4, -0.2) is 67.7 Å². The lowest BCUT2D eigenvalue weighted by molar-refractivity contribution is -0.135. The molecule has 1 rings (SSSR count). The summed E-state index contributed by atoms with van der Waals surface area (Å²) in [5.74, 6) is 0.0908. The lowest BCUT2D eigenvalue weighted by atomic mass is 10.2. The number of hydrogen-bond acceptors (Lipinski definition) is 4. The molecule has 0 spiro atoms. The lowest BCUT2D eigenvalue weighted by Gasteiger charge is -2.26. The van der Waals surface area contributed by atoms with Gasteiger partial charge in [-0.15, -0.1) is 0 Å². The molecular weight excluding hydrogens is 218 g/mol. The number of carbonyl (C=O) groups excluding carboxylic acids is 1. The maximum absolute atomic E-state index is 11.8. The van der Waals surface area contributed by atoms with E-state index in [0.29, 0.717) is 19.2 Å². The van der Waals surface area contributed by atoms with Crippen LogP contribution in [0.3, 0.4) is 0 Å². The molecule has 0 aromatic rings. The van der Waals surface area contributed by atoms with E-state index in [-0.39, 0.29) is 12.5 Å². The van der Waals surface area contributed by atoms with Crippen molar-refractivity contribution in [3.05, 3.63) is 0 Å². The second-order valence-corrected chi connectivity index (χ2v) is 4.34. The van der Waals surface area contributed by atoms with Crippen molar-refractivity contribution in [3.8, 4) is 0 Å². The molecule has 1 amide bonds. The van der Waals surface area contributed by atoms with Crippen LogP contribution in [0.4, 0.5) is 0 Å². The number of likely N-dealkylation sites (tertiary alicyclic amines) is 1. The van der Waals surface area contributed by atoms with Crippen LogP contribution in [0.25, 0.3) is 0 Å². The Kier molecular flexibility index (Phi) is 6.47. The zero-order valence-electron chi connectivity index (χ0n) is 11.0. The van der Waals surface area contributed by atoms with E-state index >= 15 is 0 Å².